The van der Waals surface area contributed by atoms with Crippen molar-refractivity contribution in [1.82, 2.24) is 19.9 Å². The van der Waals surface area contributed by atoms with Gasteiger partial charge in [0, 0.05) is 23.5 Å². The molecule has 0 bridgehead atoms. The van der Waals surface area contributed by atoms with Gasteiger partial charge >= 0.3 is 10.4 Å². The van der Waals surface area contributed by atoms with Crippen LogP contribution in [0, 0.1) is 13.8 Å². The van der Waals surface area contributed by atoms with Crippen LogP contribution in [-0.4, -0.2) is 49.4 Å². The molecule has 29 heavy (non-hydrogen) atoms. The average molecular weight is 469 g/mol. The maximum absolute atomic E-state index is 8.74. The summed E-state index contributed by atoms with van der Waals surface area (Å²) in [7, 11) is -4.67. The Balaban J connectivity index is 0.000000442. The molecule has 17 heteroatoms. The summed E-state index contributed by atoms with van der Waals surface area (Å²) in [6, 6.07) is 3.26. The van der Waals surface area contributed by atoms with Crippen molar-refractivity contribution in [1.29, 1.82) is 0 Å². The monoisotopic (exact) mass is 468 g/mol. The van der Waals surface area contributed by atoms with E-state index in [1.165, 1.54) is 0 Å². The highest BCUT2D eigenvalue weighted by molar-refractivity contribution is 7.79. The van der Waals surface area contributed by atoms with Gasteiger partial charge in [0.05, 0.1) is 0 Å². The van der Waals surface area contributed by atoms with Crippen molar-refractivity contribution >= 4 is 57.2 Å². The van der Waals surface area contributed by atoms with Gasteiger partial charge in [-0.1, -0.05) is 0 Å². The smallest absolute Gasteiger partial charge is 0.370 e. The quantitative estimate of drug-likeness (QED) is 0.147. The molecule has 0 aliphatic rings. The van der Waals surface area contributed by atoms with Crippen LogP contribution >= 0.6 is 23.2 Å². The lowest BCUT2D eigenvalue weighted by Gasteiger charge is -1.96. The van der Waals surface area contributed by atoms with E-state index in [4.69, 9.17) is 63.7 Å². The molecule has 2 aromatic rings. The van der Waals surface area contributed by atoms with Gasteiger partial charge in [0.2, 0.25) is 10.6 Å². The molecular weight excluding hydrogens is 451 g/mol. The second-order valence-electron chi connectivity index (χ2n) is 4.79. The van der Waals surface area contributed by atoms with Gasteiger partial charge in [-0.2, -0.15) is 28.4 Å². The second-order valence-corrected chi connectivity index (χ2v) is 6.37. The van der Waals surface area contributed by atoms with Crippen LogP contribution in [0.4, 0.5) is 11.6 Å². The van der Waals surface area contributed by atoms with Gasteiger partial charge in [-0.15, -0.1) is 0 Å². The number of aliphatic imine (C=N–C) groups is 2. The van der Waals surface area contributed by atoms with E-state index in [9.17, 15) is 0 Å². The summed E-state index contributed by atoms with van der Waals surface area (Å²) in [6.07, 6.45) is 0. The van der Waals surface area contributed by atoms with Gasteiger partial charge in [-0.05, 0) is 37.0 Å². The van der Waals surface area contributed by atoms with Gasteiger partial charge in [0.25, 0.3) is 0 Å². The molecule has 0 radical (unpaired) electrons. The fraction of sp³-hybridized carbons (Fsp3) is 0.167. The number of nitrogens with zero attached hydrogens (tertiary/aromatic N) is 6. The van der Waals surface area contributed by atoms with Gasteiger partial charge in [0.15, 0.2) is 23.6 Å². The zero-order chi connectivity index (χ0) is 22.8. The molecule has 160 valence electrons. The zero-order valence-electron chi connectivity index (χ0n) is 15.0. The molecular formula is C12H18Cl2N10O4S. The van der Waals surface area contributed by atoms with E-state index in [0.717, 1.165) is 11.4 Å². The van der Waals surface area contributed by atoms with Crippen LogP contribution in [-0.2, 0) is 10.4 Å². The van der Waals surface area contributed by atoms with E-state index in [-0.39, 0.29) is 22.5 Å². The maximum Gasteiger partial charge on any atom is 0.394 e. The Kier molecular flexibility index (Phi) is 10.7. The average Bonchev–Trinajstić information content (AvgIpc) is 2.41. The van der Waals surface area contributed by atoms with Gasteiger partial charge < -0.3 is 22.9 Å². The third-order valence-electron chi connectivity index (χ3n) is 2.11. The highest BCUT2D eigenvalue weighted by Gasteiger charge is 1.98. The van der Waals surface area contributed by atoms with Crippen LogP contribution in [0.5, 0.6) is 0 Å². The fourth-order valence-corrected chi connectivity index (χ4v) is 1.85. The van der Waals surface area contributed by atoms with Gasteiger partial charge in [-0.3, -0.25) is 9.11 Å². The number of aromatic nitrogens is 4. The first kappa shape index (κ1) is 26.1. The molecule has 0 unspecified atom stereocenters. The summed E-state index contributed by atoms with van der Waals surface area (Å²) >= 11 is 11.1. The van der Waals surface area contributed by atoms with E-state index in [1.807, 2.05) is 0 Å². The van der Waals surface area contributed by atoms with Crippen LogP contribution in [0.1, 0.15) is 11.4 Å². The van der Waals surface area contributed by atoms with Crippen LogP contribution in [0.3, 0.4) is 0 Å². The Hall–Kier alpha value is -2.85. The van der Waals surface area contributed by atoms with Crippen molar-refractivity contribution in [2.75, 3.05) is 0 Å². The van der Waals surface area contributed by atoms with Gasteiger partial charge in [-0.25, -0.2) is 9.97 Å². The number of rotatable bonds is 2. The second kappa shape index (κ2) is 11.9. The third kappa shape index (κ3) is 15.9. The molecule has 0 amide bonds. The Morgan fingerprint density at radius 3 is 1.31 bits per heavy atom. The highest BCUT2D eigenvalue weighted by Crippen LogP contribution is 2.12. The van der Waals surface area contributed by atoms with E-state index < -0.39 is 10.4 Å². The predicted molar refractivity (Wildman–Crippen MR) is 109 cm³/mol. The number of halogens is 2. The lowest BCUT2D eigenvalue weighted by Crippen LogP contribution is -2.22. The Bertz CT molecular complexity index is 878. The van der Waals surface area contributed by atoms with E-state index in [1.54, 1.807) is 26.0 Å². The number of nitrogens with two attached hydrogens (primary N) is 4. The molecule has 14 nitrogen and oxygen atoms in total. The largest absolute Gasteiger partial charge is 0.394 e. The molecule has 0 saturated carbocycles. The molecule has 2 heterocycles. The van der Waals surface area contributed by atoms with Crippen molar-refractivity contribution in [3.63, 3.8) is 0 Å². The van der Waals surface area contributed by atoms with Crippen LogP contribution in [0.25, 0.3) is 0 Å². The summed E-state index contributed by atoms with van der Waals surface area (Å²) < 4.78 is 31.6. The first-order valence-electron chi connectivity index (χ1n) is 7.07. The van der Waals surface area contributed by atoms with Crippen LogP contribution < -0.4 is 22.9 Å². The molecule has 0 saturated heterocycles. The maximum atomic E-state index is 8.74. The molecule has 2 rings (SSSR count). The Morgan fingerprint density at radius 2 is 1.10 bits per heavy atom. The Morgan fingerprint density at radius 1 is 0.828 bits per heavy atom. The standard InChI is InChI=1S/2C6H8ClN5.H2O4S/c2*1-3-2-4(12-6(8)9)11-5(7)10-3;1-5(2,3)4/h2*2H,1H3,(H4,8,9,10,11,12);(H2,1,2,3,4). The lowest BCUT2D eigenvalue weighted by atomic mass is 10.4. The Labute approximate surface area is 175 Å². The third-order valence-corrected chi connectivity index (χ3v) is 2.45. The molecule has 0 atom stereocenters. The summed E-state index contributed by atoms with van der Waals surface area (Å²) in [5.74, 6) is 0.633. The molecule has 0 aliphatic carbocycles. The topological polar surface area (TPSA) is 255 Å². The summed E-state index contributed by atoms with van der Waals surface area (Å²) in [4.78, 5) is 22.7. The first-order chi connectivity index (χ1) is 13.2. The van der Waals surface area contributed by atoms with Crippen LogP contribution in [0.15, 0.2) is 22.1 Å². The highest BCUT2D eigenvalue weighted by atomic mass is 35.5. The summed E-state index contributed by atoms with van der Waals surface area (Å²) in [5.41, 5.74) is 22.0. The minimum absolute atomic E-state index is 0.0517. The molecule has 0 aliphatic heterocycles. The first-order valence-corrected chi connectivity index (χ1v) is 9.22. The number of guanidine groups is 2. The van der Waals surface area contributed by atoms with E-state index >= 15 is 0 Å². The fourth-order valence-electron chi connectivity index (χ4n) is 1.41. The molecule has 0 fully saturated rings. The molecule has 2 aromatic heterocycles. The summed E-state index contributed by atoms with van der Waals surface area (Å²) in [6.45, 7) is 3.55. The van der Waals surface area contributed by atoms with E-state index in [0.29, 0.717) is 11.6 Å². The number of hydrogen-bond acceptors (Lipinski definition) is 8. The zero-order valence-corrected chi connectivity index (χ0v) is 17.4. The molecule has 0 spiro atoms. The number of aryl methyl sites for hydroxylation is 2. The van der Waals surface area contributed by atoms with Gasteiger partial charge in [0.1, 0.15) is 0 Å². The lowest BCUT2D eigenvalue weighted by molar-refractivity contribution is 0.381. The normalized spacial score (nSPS) is 9.86. The SMILES string of the molecule is Cc1cc(N=C(N)N)nc(Cl)n1.Cc1cc(N=C(N)N)nc(Cl)n1.O=S(=O)(O)O. The minimum Gasteiger partial charge on any atom is -0.370 e. The van der Waals surface area contributed by atoms with Crippen molar-refractivity contribution in [3.8, 4) is 0 Å². The molecule has 0 aromatic carbocycles. The predicted octanol–water partition coefficient (Wildman–Crippen LogP) is 0.0338. The van der Waals surface area contributed by atoms with Crippen molar-refractivity contribution in [3.05, 3.63) is 34.1 Å². The van der Waals surface area contributed by atoms with Crippen molar-refractivity contribution in [2.24, 2.45) is 32.9 Å². The number of hydrogen-bond donors (Lipinski definition) is 6. The minimum atomic E-state index is -4.67. The van der Waals surface area contributed by atoms with Crippen molar-refractivity contribution in [2.45, 2.75) is 13.8 Å². The van der Waals surface area contributed by atoms with Crippen molar-refractivity contribution < 1.29 is 17.5 Å². The molecule has 10 N–H and O–H groups in total. The van der Waals surface area contributed by atoms with Crippen LogP contribution in [0.2, 0.25) is 10.6 Å². The summed E-state index contributed by atoms with van der Waals surface area (Å²) in [5, 5.41) is 0.269. The van der Waals surface area contributed by atoms with E-state index in [2.05, 4.69) is 29.9 Å².